The molecule has 0 aromatic heterocycles. The molecule has 8 heteroatoms. The maximum absolute atomic E-state index is 11.9. The average Bonchev–Trinajstić information content (AvgIpc) is 2.85. The van der Waals surface area contributed by atoms with Gasteiger partial charge in [0.05, 0.1) is 24.5 Å². The summed E-state index contributed by atoms with van der Waals surface area (Å²) in [5.41, 5.74) is 0. The normalized spacial score (nSPS) is 29.4. The number of carbonyl (C=O) groups excluding carboxylic acids is 1. The van der Waals surface area contributed by atoms with Gasteiger partial charge in [-0.1, -0.05) is 0 Å². The highest BCUT2D eigenvalue weighted by Crippen LogP contribution is 2.19. The number of aliphatic carboxylic acids is 1. The maximum Gasteiger partial charge on any atom is 0.304 e. The van der Waals surface area contributed by atoms with Gasteiger partial charge in [0, 0.05) is 12.1 Å². The Morgan fingerprint density at radius 1 is 1.30 bits per heavy atom. The molecule has 0 bridgehead atoms. The molecular weight excluding hydrogens is 284 g/mol. The fraction of sp³-hybridized carbons (Fsp3) is 0.833. The summed E-state index contributed by atoms with van der Waals surface area (Å²) >= 11 is 0. The van der Waals surface area contributed by atoms with Gasteiger partial charge in [0.25, 0.3) is 0 Å². The number of carboxylic acids is 1. The van der Waals surface area contributed by atoms with Gasteiger partial charge in [0.15, 0.2) is 9.84 Å². The minimum atomic E-state index is -3.00. The first kappa shape index (κ1) is 15.2. The fourth-order valence-corrected chi connectivity index (χ4v) is 4.58. The van der Waals surface area contributed by atoms with Crippen LogP contribution in [0.15, 0.2) is 0 Å². The number of hydrogen-bond acceptors (Lipinski definition) is 5. The Morgan fingerprint density at radius 3 is 2.65 bits per heavy atom. The van der Waals surface area contributed by atoms with E-state index < -0.39 is 15.8 Å². The van der Waals surface area contributed by atoms with E-state index in [0.717, 1.165) is 12.8 Å². The molecule has 2 heterocycles. The smallest absolute Gasteiger partial charge is 0.304 e. The summed E-state index contributed by atoms with van der Waals surface area (Å²) < 4.78 is 22.6. The van der Waals surface area contributed by atoms with Gasteiger partial charge in [0.2, 0.25) is 5.91 Å². The third-order valence-corrected chi connectivity index (χ3v) is 5.62. The minimum Gasteiger partial charge on any atom is -0.481 e. The van der Waals surface area contributed by atoms with Crippen LogP contribution >= 0.6 is 0 Å². The molecule has 2 saturated heterocycles. The molecular formula is C12H20N2O5S. The monoisotopic (exact) mass is 304 g/mol. The summed E-state index contributed by atoms with van der Waals surface area (Å²) in [6, 6.07) is -0.390. The zero-order chi connectivity index (χ0) is 14.8. The molecule has 2 N–H and O–H groups in total. The van der Waals surface area contributed by atoms with E-state index in [4.69, 9.17) is 5.11 Å². The van der Waals surface area contributed by atoms with E-state index in [9.17, 15) is 18.0 Å². The van der Waals surface area contributed by atoms with Crippen LogP contribution in [0.4, 0.5) is 0 Å². The van der Waals surface area contributed by atoms with E-state index in [-0.39, 0.29) is 42.5 Å². The lowest BCUT2D eigenvalue weighted by molar-refractivity contribution is -0.138. The van der Waals surface area contributed by atoms with Gasteiger partial charge in [-0.25, -0.2) is 8.42 Å². The highest BCUT2D eigenvalue weighted by atomic mass is 32.2. The Kier molecular flexibility index (Phi) is 4.64. The highest BCUT2D eigenvalue weighted by Gasteiger charge is 2.31. The molecule has 2 atom stereocenters. The Hall–Kier alpha value is -1.15. The zero-order valence-corrected chi connectivity index (χ0v) is 12.1. The van der Waals surface area contributed by atoms with Crippen LogP contribution in [0.5, 0.6) is 0 Å². The number of carbonyl (C=O) groups is 2. The van der Waals surface area contributed by atoms with E-state index in [1.165, 1.54) is 0 Å². The number of likely N-dealkylation sites (tertiary alicyclic amines) is 1. The molecule has 114 valence electrons. The first-order valence-corrected chi connectivity index (χ1v) is 8.63. The van der Waals surface area contributed by atoms with Crippen LogP contribution in [0.25, 0.3) is 0 Å². The summed E-state index contributed by atoms with van der Waals surface area (Å²) in [5, 5.41) is 11.5. The highest BCUT2D eigenvalue weighted by molar-refractivity contribution is 7.91. The van der Waals surface area contributed by atoms with Crippen molar-refractivity contribution in [2.24, 2.45) is 0 Å². The number of amides is 1. The summed E-state index contributed by atoms with van der Waals surface area (Å²) in [5.74, 6) is -0.936. The zero-order valence-electron chi connectivity index (χ0n) is 11.2. The van der Waals surface area contributed by atoms with Gasteiger partial charge in [-0.05, 0) is 25.8 Å². The third-order valence-electron chi connectivity index (χ3n) is 3.85. The van der Waals surface area contributed by atoms with Crippen LogP contribution in [0.2, 0.25) is 0 Å². The topological polar surface area (TPSA) is 104 Å². The Labute approximate surface area is 118 Å². The predicted octanol–water partition coefficient (Wildman–Crippen LogP) is -0.771. The van der Waals surface area contributed by atoms with Crippen molar-refractivity contribution in [2.45, 2.75) is 37.8 Å². The molecule has 0 spiro atoms. The van der Waals surface area contributed by atoms with Crippen LogP contribution in [-0.4, -0.2) is 67.0 Å². The second-order valence-electron chi connectivity index (χ2n) is 5.53. The third kappa shape index (κ3) is 4.17. The lowest BCUT2D eigenvalue weighted by Crippen LogP contribution is -2.44. The second-order valence-corrected chi connectivity index (χ2v) is 7.76. The lowest BCUT2D eigenvalue weighted by atomic mass is 10.1. The first-order chi connectivity index (χ1) is 9.35. The summed E-state index contributed by atoms with van der Waals surface area (Å²) in [6.45, 7) is 0.864. The quantitative estimate of drug-likeness (QED) is 0.691. The second kappa shape index (κ2) is 6.09. The van der Waals surface area contributed by atoms with Crippen molar-refractivity contribution < 1.29 is 23.1 Å². The van der Waals surface area contributed by atoms with E-state index in [1.54, 1.807) is 0 Å². The SMILES string of the molecule is O=C(O)CC1CCCN1CC(=O)NC1CCS(=O)(=O)C1. The lowest BCUT2D eigenvalue weighted by Gasteiger charge is -2.23. The number of nitrogens with zero attached hydrogens (tertiary/aromatic N) is 1. The molecule has 0 aliphatic carbocycles. The standard InChI is InChI=1S/C12H20N2O5S/c15-11(13-9-3-5-20(18,19)8-9)7-14-4-1-2-10(14)6-12(16)17/h9-10H,1-8H2,(H,13,15)(H,16,17). The summed E-state index contributed by atoms with van der Waals surface area (Å²) in [6.07, 6.45) is 2.19. The van der Waals surface area contributed by atoms with Crippen molar-refractivity contribution in [1.82, 2.24) is 10.2 Å². The number of rotatable bonds is 5. The molecule has 2 aliphatic heterocycles. The molecule has 2 fully saturated rings. The van der Waals surface area contributed by atoms with Crippen LogP contribution in [0.1, 0.15) is 25.7 Å². The molecule has 7 nitrogen and oxygen atoms in total. The minimum absolute atomic E-state index is 0.0112. The van der Waals surface area contributed by atoms with Crippen molar-refractivity contribution in [3.8, 4) is 0 Å². The van der Waals surface area contributed by atoms with E-state index in [1.807, 2.05) is 4.90 Å². The van der Waals surface area contributed by atoms with E-state index in [2.05, 4.69) is 5.32 Å². The largest absolute Gasteiger partial charge is 0.481 e. The number of hydrogen-bond donors (Lipinski definition) is 2. The van der Waals surface area contributed by atoms with Crippen molar-refractivity contribution >= 4 is 21.7 Å². The predicted molar refractivity (Wildman–Crippen MR) is 72.0 cm³/mol. The molecule has 0 saturated carbocycles. The number of sulfone groups is 1. The summed E-state index contributed by atoms with van der Waals surface area (Å²) in [4.78, 5) is 24.5. The van der Waals surface area contributed by atoms with Gasteiger partial charge in [0.1, 0.15) is 0 Å². The Morgan fingerprint density at radius 2 is 2.05 bits per heavy atom. The molecule has 20 heavy (non-hydrogen) atoms. The summed E-state index contributed by atoms with van der Waals surface area (Å²) in [7, 11) is -3.00. The van der Waals surface area contributed by atoms with Crippen molar-refractivity contribution in [3.63, 3.8) is 0 Å². The van der Waals surface area contributed by atoms with Crippen LogP contribution in [0, 0.1) is 0 Å². The van der Waals surface area contributed by atoms with E-state index in [0.29, 0.717) is 13.0 Å². The molecule has 0 aromatic rings. The molecule has 0 radical (unpaired) electrons. The van der Waals surface area contributed by atoms with Crippen molar-refractivity contribution in [1.29, 1.82) is 0 Å². The molecule has 0 aromatic carbocycles. The van der Waals surface area contributed by atoms with Crippen molar-refractivity contribution in [3.05, 3.63) is 0 Å². The first-order valence-electron chi connectivity index (χ1n) is 6.81. The Balaban J connectivity index is 1.81. The molecule has 2 aliphatic rings. The van der Waals surface area contributed by atoms with Gasteiger partial charge in [-0.15, -0.1) is 0 Å². The molecule has 2 rings (SSSR count). The Bertz CT molecular complexity index is 490. The van der Waals surface area contributed by atoms with Crippen LogP contribution in [0.3, 0.4) is 0 Å². The van der Waals surface area contributed by atoms with Crippen LogP contribution in [-0.2, 0) is 19.4 Å². The van der Waals surface area contributed by atoms with Gasteiger partial charge >= 0.3 is 5.97 Å². The van der Waals surface area contributed by atoms with Gasteiger partial charge in [-0.2, -0.15) is 0 Å². The number of nitrogens with one attached hydrogen (secondary N) is 1. The van der Waals surface area contributed by atoms with E-state index >= 15 is 0 Å². The molecule has 2 unspecified atom stereocenters. The van der Waals surface area contributed by atoms with Gasteiger partial charge in [-0.3, -0.25) is 14.5 Å². The maximum atomic E-state index is 11.9. The van der Waals surface area contributed by atoms with Crippen LogP contribution < -0.4 is 5.32 Å². The van der Waals surface area contributed by atoms with Crippen molar-refractivity contribution in [2.75, 3.05) is 24.6 Å². The average molecular weight is 304 g/mol. The number of carboxylic acid groups (broad SMARTS) is 1. The van der Waals surface area contributed by atoms with Gasteiger partial charge < -0.3 is 10.4 Å². The fourth-order valence-electron chi connectivity index (χ4n) is 2.90. The molecule has 1 amide bonds.